The van der Waals surface area contributed by atoms with E-state index in [1.54, 1.807) is 4.68 Å². The highest BCUT2D eigenvalue weighted by atomic mass is 35.5. The Bertz CT molecular complexity index is 708. The lowest BCUT2D eigenvalue weighted by Gasteiger charge is -2.07. The van der Waals surface area contributed by atoms with Gasteiger partial charge in [-0.15, -0.1) is 12.4 Å². The fourth-order valence-electron chi connectivity index (χ4n) is 2.64. The first kappa shape index (κ1) is 21.1. The summed E-state index contributed by atoms with van der Waals surface area (Å²) in [4.78, 5) is 21.0. The van der Waals surface area contributed by atoms with E-state index in [0.717, 1.165) is 41.3 Å². The molecular weight excluding hydrogens is 340 g/mol. The molecule has 0 aromatic carbocycles. The molecule has 1 amide bonds. The van der Waals surface area contributed by atoms with Gasteiger partial charge in [-0.05, 0) is 53.8 Å². The molecule has 8 heteroatoms. The van der Waals surface area contributed by atoms with Gasteiger partial charge in [0.15, 0.2) is 0 Å². The van der Waals surface area contributed by atoms with Crippen LogP contribution < -0.4 is 10.6 Å². The van der Waals surface area contributed by atoms with Crippen LogP contribution in [-0.2, 0) is 11.2 Å². The molecule has 0 bridgehead atoms. The van der Waals surface area contributed by atoms with Crippen molar-refractivity contribution in [3.05, 3.63) is 34.4 Å². The number of rotatable bonds is 7. The third kappa shape index (κ3) is 5.51. The van der Waals surface area contributed by atoms with Gasteiger partial charge in [0.05, 0.1) is 12.1 Å². The van der Waals surface area contributed by atoms with Gasteiger partial charge in [0.2, 0.25) is 5.91 Å². The van der Waals surface area contributed by atoms with E-state index in [1.165, 1.54) is 0 Å². The van der Waals surface area contributed by atoms with Crippen molar-refractivity contribution in [2.24, 2.45) is 0 Å². The van der Waals surface area contributed by atoms with E-state index < -0.39 is 0 Å². The molecule has 0 saturated heterocycles. The minimum atomic E-state index is 0. The zero-order chi connectivity index (χ0) is 17.7. The highest BCUT2D eigenvalue weighted by molar-refractivity contribution is 5.85. The topological polar surface area (TPSA) is 84.7 Å². The number of carbonyl (C=O) groups excluding carboxylic acids is 1. The fraction of sp³-hybridized carbons (Fsp3) is 0.529. The first-order valence-electron chi connectivity index (χ1n) is 8.21. The molecule has 138 valence electrons. The van der Waals surface area contributed by atoms with E-state index >= 15 is 0 Å². The second kappa shape index (κ2) is 9.48. The van der Waals surface area contributed by atoms with Gasteiger partial charge in [-0.1, -0.05) is 0 Å². The van der Waals surface area contributed by atoms with E-state index in [9.17, 15) is 4.79 Å². The van der Waals surface area contributed by atoms with Crippen molar-refractivity contribution in [3.63, 3.8) is 0 Å². The Morgan fingerprint density at radius 1 is 1.12 bits per heavy atom. The van der Waals surface area contributed by atoms with Crippen LogP contribution in [0.4, 0.5) is 0 Å². The summed E-state index contributed by atoms with van der Waals surface area (Å²) in [5.41, 5.74) is 4.47. The lowest BCUT2D eigenvalue weighted by atomic mass is 10.1. The average Bonchev–Trinajstić information content (AvgIpc) is 2.79. The predicted molar refractivity (Wildman–Crippen MR) is 101 cm³/mol. The van der Waals surface area contributed by atoms with Crippen LogP contribution in [-0.4, -0.2) is 45.8 Å². The van der Waals surface area contributed by atoms with Crippen LogP contribution in [0, 0.1) is 27.7 Å². The largest absolute Gasteiger partial charge is 0.356 e. The van der Waals surface area contributed by atoms with Crippen molar-refractivity contribution in [1.82, 2.24) is 30.4 Å². The standard InChI is InChI=1S/C17H26N6O.ClH/c1-11-9-12(2)21-17(20-11)23-14(4)15(13(3)22-23)10-16(24)19-8-6-7-18-5;/h9,18H,6-8,10H2,1-5H3,(H,19,24);1H. The van der Waals surface area contributed by atoms with Crippen molar-refractivity contribution < 1.29 is 4.79 Å². The van der Waals surface area contributed by atoms with Crippen LogP contribution in [0.3, 0.4) is 0 Å². The molecule has 0 unspecified atom stereocenters. The lowest BCUT2D eigenvalue weighted by Crippen LogP contribution is -2.28. The first-order valence-corrected chi connectivity index (χ1v) is 8.21. The Hall–Kier alpha value is -1.99. The molecule has 2 rings (SSSR count). The Morgan fingerprint density at radius 2 is 1.76 bits per heavy atom. The number of aromatic nitrogens is 4. The molecule has 0 saturated carbocycles. The van der Waals surface area contributed by atoms with E-state index in [-0.39, 0.29) is 18.3 Å². The summed E-state index contributed by atoms with van der Waals surface area (Å²) >= 11 is 0. The van der Waals surface area contributed by atoms with Crippen molar-refractivity contribution in [2.45, 2.75) is 40.5 Å². The van der Waals surface area contributed by atoms with Crippen LogP contribution in [0.2, 0.25) is 0 Å². The highest BCUT2D eigenvalue weighted by Gasteiger charge is 2.17. The van der Waals surface area contributed by atoms with Gasteiger partial charge in [-0.2, -0.15) is 5.10 Å². The number of hydrogen-bond acceptors (Lipinski definition) is 5. The molecule has 25 heavy (non-hydrogen) atoms. The zero-order valence-electron chi connectivity index (χ0n) is 15.5. The minimum absolute atomic E-state index is 0. The van der Waals surface area contributed by atoms with Crippen LogP contribution >= 0.6 is 12.4 Å². The molecule has 0 aliphatic carbocycles. The first-order chi connectivity index (χ1) is 11.4. The van der Waals surface area contributed by atoms with Crippen LogP contribution in [0.25, 0.3) is 5.95 Å². The molecule has 0 atom stereocenters. The summed E-state index contributed by atoms with van der Waals surface area (Å²) in [6, 6.07) is 1.93. The number of carbonyl (C=O) groups is 1. The molecule has 2 aromatic rings. The van der Waals surface area contributed by atoms with Crippen LogP contribution in [0.15, 0.2) is 6.07 Å². The molecule has 2 heterocycles. The van der Waals surface area contributed by atoms with Gasteiger partial charge >= 0.3 is 0 Å². The highest BCUT2D eigenvalue weighted by Crippen LogP contribution is 2.17. The number of nitrogens with one attached hydrogen (secondary N) is 2. The molecule has 2 aromatic heterocycles. The quantitative estimate of drug-likeness (QED) is 0.727. The third-order valence-electron chi connectivity index (χ3n) is 3.86. The second-order valence-corrected chi connectivity index (χ2v) is 6.00. The Kier molecular flexibility index (Phi) is 7.99. The van der Waals surface area contributed by atoms with Crippen molar-refractivity contribution in [3.8, 4) is 5.95 Å². The lowest BCUT2D eigenvalue weighted by molar-refractivity contribution is -0.120. The molecule has 0 fully saturated rings. The van der Waals surface area contributed by atoms with Gasteiger partial charge < -0.3 is 10.6 Å². The van der Waals surface area contributed by atoms with Gasteiger partial charge in [-0.25, -0.2) is 14.6 Å². The monoisotopic (exact) mass is 366 g/mol. The second-order valence-electron chi connectivity index (χ2n) is 6.00. The van der Waals surface area contributed by atoms with Gasteiger partial charge in [0.1, 0.15) is 0 Å². The van der Waals surface area contributed by atoms with Crippen molar-refractivity contribution in [1.29, 1.82) is 0 Å². The van der Waals surface area contributed by atoms with E-state index in [2.05, 4.69) is 25.7 Å². The van der Waals surface area contributed by atoms with E-state index in [1.807, 2.05) is 40.8 Å². The Labute approximate surface area is 155 Å². The van der Waals surface area contributed by atoms with Crippen LogP contribution in [0.1, 0.15) is 34.8 Å². The molecule has 0 aliphatic rings. The Balaban J connectivity index is 0.00000312. The molecule has 7 nitrogen and oxygen atoms in total. The minimum Gasteiger partial charge on any atom is -0.356 e. The number of nitrogens with zero attached hydrogens (tertiary/aromatic N) is 4. The van der Waals surface area contributed by atoms with Gasteiger partial charge in [0, 0.05) is 29.2 Å². The molecule has 2 N–H and O–H groups in total. The average molecular weight is 367 g/mol. The molecule has 0 spiro atoms. The summed E-state index contributed by atoms with van der Waals surface area (Å²) in [5.74, 6) is 0.562. The zero-order valence-corrected chi connectivity index (χ0v) is 16.3. The maximum Gasteiger partial charge on any atom is 0.251 e. The van der Waals surface area contributed by atoms with Crippen molar-refractivity contribution >= 4 is 18.3 Å². The third-order valence-corrected chi connectivity index (χ3v) is 3.86. The Morgan fingerprint density at radius 3 is 2.36 bits per heavy atom. The van der Waals surface area contributed by atoms with E-state index in [0.29, 0.717) is 18.9 Å². The van der Waals surface area contributed by atoms with Gasteiger partial charge in [-0.3, -0.25) is 4.79 Å². The molecule has 0 aliphatic heterocycles. The fourth-order valence-corrected chi connectivity index (χ4v) is 2.64. The normalized spacial score (nSPS) is 10.4. The maximum absolute atomic E-state index is 12.1. The SMILES string of the molecule is CNCCCNC(=O)Cc1c(C)nn(-c2nc(C)cc(C)n2)c1C.Cl. The van der Waals surface area contributed by atoms with Crippen LogP contribution in [0.5, 0.6) is 0 Å². The molecule has 0 radical (unpaired) electrons. The number of amides is 1. The predicted octanol–water partition coefficient (Wildman–Crippen LogP) is 1.59. The van der Waals surface area contributed by atoms with Gasteiger partial charge in [0.25, 0.3) is 5.95 Å². The summed E-state index contributed by atoms with van der Waals surface area (Å²) in [6.45, 7) is 9.29. The summed E-state index contributed by atoms with van der Waals surface area (Å²) in [7, 11) is 1.90. The number of aryl methyl sites for hydroxylation is 3. The number of halogens is 1. The van der Waals surface area contributed by atoms with E-state index in [4.69, 9.17) is 0 Å². The summed E-state index contributed by atoms with van der Waals surface area (Å²) in [5, 5.41) is 10.5. The molecular formula is C17H27ClN6O. The summed E-state index contributed by atoms with van der Waals surface area (Å²) < 4.78 is 1.72. The smallest absolute Gasteiger partial charge is 0.251 e. The summed E-state index contributed by atoms with van der Waals surface area (Å²) in [6.07, 6.45) is 1.23. The number of hydrogen-bond donors (Lipinski definition) is 2. The maximum atomic E-state index is 12.1. The van der Waals surface area contributed by atoms with Crippen molar-refractivity contribution in [2.75, 3.05) is 20.1 Å².